The van der Waals surface area contributed by atoms with E-state index in [4.69, 9.17) is 10.1 Å². The van der Waals surface area contributed by atoms with Crippen molar-refractivity contribution in [1.82, 2.24) is 14.5 Å². The van der Waals surface area contributed by atoms with Crippen molar-refractivity contribution in [3.05, 3.63) is 54.1 Å². The van der Waals surface area contributed by atoms with Crippen LogP contribution in [-0.4, -0.2) is 41.9 Å². The molecule has 0 bridgehead atoms. The predicted octanol–water partition coefficient (Wildman–Crippen LogP) is 4.33. The molecule has 1 amide bonds. The number of piperidine rings is 1. The number of hydrogen-bond donors (Lipinski definition) is 1. The molecule has 0 spiro atoms. The average molecular weight is 487 g/mol. The predicted molar refractivity (Wildman–Crippen MR) is 131 cm³/mol. The second kappa shape index (κ2) is 10.3. The molecular formula is C24H30N4O3S2. The van der Waals surface area contributed by atoms with Crippen LogP contribution in [0.4, 0.5) is 0 Å². The molecule has 1 aliphatic rings. The minimum absolute atomic E-state index is 0.0377. The second-order valence-electron chi connectivity index (χ2n) is 8.39. The first-order chi connectivity index (χ1) is 15.9. The summed E-state index contributed by atoms with van der Waals surface area (Å²) < 4.78 is 25.8. The van der Waals surface area contributed by atoms with E-state index in [1.54, 1.807) is 6.07 Å². The highest BCUT2D eigenvalue weighted by Gasteiger charge is 2.30. The summed E-state index contributed by atoms with van der Waals surface area (Å²) in [5.41, 5.74) is 2.35. The van der Waals surface area contributed by atoms with Gasteiger partial charge in [-0.25, -0.2) is 18.5 Å². The van der Waals surface area contributed by atoms with E-state index in [1.807, 2.05) is 35.2 Å². The molecular weight excluding hydrogens is 456 g/mol. The van der Waals surface area contributed by atoms with Gasteiger partial charge in [0.05, 0.1) is 15.9 Å². The molecule has 176 valence electrons. The van der Waals surface area contributed by atoms with Crippen molar-refractivity contribution in [1.29, 1.82) is 0 Å². The smallest absolute Gasteiger partial charge is 0.240 e. The molecule has 2 aromatic carbocycles. The SMILES string of the molecule is CCCCn1c(SC(C(=O)N2CCCCC2)c2ccccc2)nc2cc(S(N)(=O)=O)ccc21. The number of aromatic nitrogens is 2. The molecule has 0 saturated carbocycles. The summed E-state index contributed by atoms with van der Waals surface area (Å²) in [6.45, 7) is 4.43. The van der Waals surface area contributed by atoms with Crippen LogP contribution in [-0.2, 0) is 21.4 Å². The van der Waals surface area contributed by atoms with Crippen LogP contribution in [0.3, 0.4) is 0 Å². The van der Waals surface area contributed by atoms with E-state index in [-0.39, 0.29) is 10.8 Å². The lowest BCUT2D eigenvalue weighted by atomic mass is 10.1. The van der Waals surface area contributed by atoms with E-state index in [0.717, 1.165) is 62.8 Å². The second-order valence-corrected chi connectivity index (χ2v) is 11.0. The van der Waals surface area contributed by atoms with E-state index < -0.39 is 15.3 Å². The number of aryl methyl sites for hydroxylation is 1. The van der Waals surface area contributed by atoms with Crippen molar-refractivity contribution in [2.24, 2.45) is 5.14 Å². The summed E-state index contributed by atoms with van der Waals surface area (Å²) in [7, 11) is -3.83. The molecule has 1 atom stereocenters. The van der Waals surface area contributed by atoms with Crippen molar-refractivity contribution in [2.45, 2.75) is 60.9 Å². The van der Waals surface area contributed by atoms with Crippen LogP contribution in [0.2, 0.25) is 0 Å². The van der Waals surface area contributed by atoms with Crippen LogP contribution in [0.5, 0.6) is 0 Å². The minimum atomic E-state index is -3.83. The molecule has 1 saturated heterocycles. The van der Waals surface area contributed by atoms with Crippen molar-refractivity contribution in [2.75, 3.05) is 13.1 Å². The fourth-order valence-electron chi connectivity index (χ4n) is 4.16. The summed E-state index contributed by atoms with van der Waals surface area (Å²) in [5.74, 6) is 0.102. The Labute approximate surface area is 199 Å². The standard InChI is InChI=1S/C24H30N4O3S2/c1-2-3-16-28-21-13-12-19(33(25,30)31)17-20(21)26-24(28)32-22(18-10-6-4-7-11-18)23(29)27-14-8-5-9-15-27/h4,6-7,10-13,17,22H,2-3,5,8-9,14-16H2,1H3,(H2,25,30,31). The van der Waals surface area contributed by atoms with Crippen molar-refractivity contribution < 1.29 is 13.2 Å². The Bertz CT molecular complexity index is 1220. The molecule has 3 aromatic rings. The van der Waals surface area contributed by atoms with Gasteiger partial charge in [0.1, 0.15) is 5.25 Å². The highest BCUT2D eigenvalue weighted by atomic mass is 32.2. The number of primary sulfonamides is 1. The van der Waals surface area contributed by atoms with Gasteiger partial charge in [-0.1, -0.05) is 55.4 Å². The van der Waals surface area contributed by atoms with Gasteiger partial charge in [-0.3, -0.25) is 4.79 Å². The molecule has 1 fully saturated rings. The average Bonchev–Trinajstić information content (AvgIpc) is 3.17. The number of fused-ring (bicyclic) bond motifs is 1. The molecule has 1 unspecified atom stereocenters. The van der Waals surface area contributed by atoms with Gasteiger partial charge in [0, 0.05) is 19.6 Å². The first-order valence-corrected chi connectivity index (χ1v) is 13.8. The van der Waals surface area contributed by atoms with Crippen LogP contribution in [0.25, 0.3) is 11.0 Å². The Hall–Kier alpha value is -2.36. The van der Waals surface area contributed by atoms with E-state index in [0.29, 0.717) is 10.7 Å². The molecule has 2 N–H and O–H groups in total. The summed E-state index contributed by atoms with van der Waals surface area (Å²) >= 11 is 1.44. The molecule has 1 aliphatic heterocycles. The van der Waals surface area contributed by atoms with Gasteiger partial charge in [0.25, 0.3) is 0 Å². The van der Waals surface area contributed by atoms with Gasteiger partial charge >= 0.3 is 0 Å². The Kier molecular flexibility index (Phi) is 7.41. The third-order valence-electron chi connectivity index (χ3n) is 5.97. The first kappa shape index (κ1) is 23.8. The van der Waals surface area contributed by atoms with Crippen molar-refractivity contribution >= 4 is 38.7 Å². The number of imidazole rings is 1. The number of hydrogen-bond acceptors (Lipinski definition) is 5. The number of thioether (sulfide) groups is 1. The number of likely N-dealkylation sites (tertiary alicyclic amines) is 1. The third-order valence-corrected chi connectivity index (χ3v) is 8.11. The van der Waals surface area contributed by atoms with Gasteiger partial charge in [0.2, 0.25) is 15.9 Å². The maximum Gasteiger partial charge on any atom is 0.240 e. The van der Waals surface area contributed by atoms with Gasteiger partial charge in [-0.05, 0) is 49.4 Å². The minimum Gasteiger partial charge on any atom is -0.341 e. The Morgan fingerprint density at radius 1 is 1.12 bits per heavy atom. The molecule has 0 aliphatic carbocycles. The quantitative estimate of drug-likeness (QED) is 0.478. The molecule has 33 heavy (non-hydrogen) atoms. The van der Waals surface area contributed by atoms with Gasteiger partial charge in [0.15, 0.2) is 5.16 Å². The van der Waals surface area contributed by atoms with Crippen LogP contribution >= 0.6 is 11.8 Å². The van der Waals surface area contributed by atoms with E-state index in [9.17, 15) is 13.2 Å². The molecule has 4 rings (SSSR count). The Morgan fingerprint density at radius 3 is 2.52 bits per heavy atom. The van der Waals surface area contributed by atoms with E-state index in [1.165, 1.54) is 23.9 Å². The summed E-state index contributed by atoms with van der Waals surface area (Å²) in [6.07, 6.45) is 5.18. The molecule has 7 nitrogen and oxygen atoms in total. The lowest BCUT2D eigenvalue weighted by Crippen LogP contribution is -2.38. The number of nitrogens with two attached hydrogens (primary N) is 1. The number of benzene rings is 2. The molecule has 9 heteroatoms. The summed E-state index contributed by atoms with van der Waals surface area (Å²) in [6, 6.07) is 14.6. The summed E-state index contributed by atoms with van der Waals surface area (Å²) in [5, 5.41) is 5.63. The Morgan fingerprint density at radius 2 is 1.85 bits per heavy atom. The zero-order valence-electron chi connectivity index (χ0n) is 18.8. The third kappa shape index (κ3) is 5.42. The summed E-state index contributed by atoms with van der Waals surface area (Å²) in [4.78, 5) is 20.4. The maximum absolute atomic E-state index is 13.6. The van der Waals surface area contributed by atoms with E-state index in [2.05, 4.69) is 11.5 Å². The van der Waals surface area contributed by atoms with Gasteiger partial charge in [-0.2, -0.15) is 0 Å². The van der Waals surface area contributed by atoms with Crippen LogP contribution in [0.15, 0.2) is 58.6 Å². The topological polar surface area (TPSA) is 98.3 Å². The largest absolute Gasteiger partial charge is 0.341 e. The zero-order chi connectivity index (χ0) is 23.4. The number of nitrogens with zero attached hydrogens (tertiary/aromatic N) is 3. The van der Waals surface area contributed by atoms with Crippen LogP contribution in [0, 0.1) is 0 Å². The van der Waals surface area contributed by atoms with Crippen molar-refractivity contribution in [3.63, 3.8) is 0 Å². The number of carbonyl (C=O) groups is 1. The van der Waals surface area contributed by atoms with Crippen LogP contribution in [0.1, 0.15) is 49.8 Å². The van der Waals surface area contributed by atoms with E-state index >= 15 is 0 Å². The van der Waals surface area contributed by atoms with Gasteiger partial charge < -0.3 is 9.47 Å². The molecule has 2 heterocycles. The number of amides is 1. The monoisotopic (exact) mass is 486 g/mol. The lowest BCUT2D eigenvalue weighted by molar-refractivity contribution is -0.131. The Balaban J connectivity index is 1.76. The van der Waals surface area contributed by atoms with Crippen LogP contribution < -0.4 is 5.14 Å². The van der Waals surface area contributed by atoms with Gasteiger partial charge in [-0.15, -0.1) is 0 Å². The highest BCUT2D eigenvalue weighted by Crippen LogP contribution is 2.38. The number of sulfonamides is 1. The number of rotatable bonds is 8. The fraction of sp³-hybridized carbons (Fsp3) is 0.417. The first-order valence-electron chi connectivity index (χ1n) is 11.4. The van der Waals surface area contributed by atoms with Crippen molar-refractivity contribution in [3.8, 4) is 0 Å². The molecule has 1 aromatic heterocycles. The molecule has 0 radical (unpaired) electrons. The maximum atomic E-state index is 13.6. The number of carbonyl (C=O) groups excluding carboxylic acids is 1. The number of unbranched alkanes of at least 4 members (excludes halogenated alkanes) is 1. The fourth-order valence-corrected chi connectivity index (χ4v) is 5.92. The normalized spacial score (nSPS) is 15.6. The zero-order valence-corrected chi connectivity index (χ0v) is 20.4. The highest BCUT2D eigenvalue weighted by molar-refractivity contribution is 8.00. The lowest BCUT2D eigenvalue weighted by Gasteiger charge is -2.30.